The maximum atomic E-state index is 12.8. The van der Waals surface area contributed by atoms with E-state index in [1.54, 1.807) is 60.7 Å². The third-order valence-electron chi connectivity index (χ3n) is 4.34. The van der Waals surface area contributed by atoms with E-state index in [-0.39, 0.29) is 11.8 Å². The van der Waals surface area contributed by atoms with E-state index in [9.17, 15) is 9.59 Å². The molecule has 1 aromatic heterocycles. The molecule has 0 aliphatic carbocycles. The number of benzene rings is 2. The third-order valence-corrected chi connectivity index (χ3v) is 5.17. The number of nitrogens with one attached hydrogen (secondary N) is 1. The number of thiazole rings is 1. The largest absolute Gasteiger partial charge is 0.487 e. The van der Waals surface area contributed by atoms with Gasteiger partial charge in [0.15, 0.2) is 0 Å². The number of carbonyl (C=O) groups excluding carboxylic acids is 2. The number of amides is 2. The van der Waals surface area contributed by atoms with E-state index in [0.29, 0.717) is 30.0 Å². The number of nitrogens with zero attached hydrogens (tertiary/aromatic N) is 2. The van der Waals surface area contributed by atoms with E-state index < -0.39 is 0 Å². The first-order valence-corrected chi connectivity index (χ1v) is 10.0. The van der Waals surface area contributed by atoms with Gasteiger partial charge in [-0.05, 0) is 42.8 Å². The van der Waals surface area contributed by atoms with E-state index >= 15 is 0 Å². The summed E-state index contributed by atoms with van der Waals surface area (Å²) in [6.45, 7) is 2.76. The number of carbonyl (C=O) groups is 2. The van der Waals surface area contributed by atoms with Gasteiger partial charge in [0.2, 0.25) is 0 Å². The molecule has 0 saturated carbocycles. The van der Waals surface area contributed by atoms with Crippen molar-refractivity contribution in [3.8, 4) is 5.75 Å². The van der Waals surface area contributed by atoms with Crippen LogP contribution in [0.4, 0.5) is 0 Å². The van der Waals surface area contributed by atoms with E-state index in [1.807, 2.05) is 30.5 Å². The predicted octanol–water partition coefficient (Wildman–Crippen LogP) is 3.66. The molecule has 2 aromatic carbocycles. The van der Waals surface area contributed by atoms with Crippen LogP contribution in [0.5, 0.6) is 5.75 Å². The summed E-state index contributed by atoms with van der Waals surface area (Å²) < 4.78 is 5.78. The Morgan fingerprint density at radius 3 is 2.55 bits per heavy atom. The number of ether oxygens (including phenoxy) is 1. The first-order chi connectivity index (χ1) is 14.0. The van der Waals surface area contributed by atoms with Crippen molar-refractivity contribution in [2.45, 2.75) is 20.1 Å². The molecule has 1 heterocycles. The van der Waals surface area contributed by atoms with Crippen LogP contribution in [0, 0.1) is 6.92 Å². The summed E-state index contributed by atoms with van der Waals surface area (Å²) in [6.07, 6.45) is 0. The first kappa shape index (κ1) is 20.5. The molecule has 0 aliphatic rings. The van der Waals surface area contributed by atoms with Crippen molar-refractivity contribution in [2.75, 3.05) is 14.1 Å². The SMILES string of the molecule is CNC(=O)c1ccc(CN(C)C(=O)c2cccc(OCc3csc(C)n3)c2)cc1. The lowest BCUT2D eigenvalue weighted by Crippen LogP contribution is -2.26. The minimum Gasteiger partial charge on any atom is -0.487 e. The first-order valence-electron chi connectivity index (χ1n) is 9.16. The quantitative estimate of drug-likeness (QED) is 0.646. The molecule has 0 fully saturated rings. The second-order valence-electron chi connectivity index (χ2n) is 6.61. The molecular weight excluding hydrogens is 386 g/mol. The zero-order chi connectivity index (χ0) is 20.8. The summed E-state index contributed by atoms with van der Waals surface area (Å²) >= 11 is 1.58. The monoisotopic (exact) mass is 409 g/mol. The zero-order valence-corrected chi connectivity index (χ0v) is 17.5. The lowest BCUT2D eigenvalue weighted by Gasteiger charge is -2.18. The minimum atomic E-state index is -0.134. The fourth-order valence-electron chi connectivity index (χ4n) is 2.82. The van der Waals surface area contributed by atoms with Gasteiger partial charge in [-0.15, -0.1) is 11.3 Å². The molecule has 29 heavy (non-hydrogen) atoms. The van der Waals surface area contributed by atoms with Crippen molar-refractivity contribution >= 4 is 23.2 Å². The van der Waals surface area contributed by atoms with Crippen LogP contribution in [0.3, 0.4) is 0 Å². The summed E-state index contributed by atoms with van der Waals surface area (Å²) in [6, 6.07) is 14.4. The van der Waals surface area contributed by atoms with Gasteiger partial charge < -0.3 is 15.0 Å². The summed E-state index contributed by atoms with van der Waals surface area (Å²) in [4.78, 5) is 30.4. The van der Waals surface area contributed by atoms with Crippen molar-refractivity contribution in [3.63, 3.8) is 0 Å². The van der Waals surface area contributed by atoms with Gasteiger partial charge in [-0.3, -0.25) is 9.59 Å². The molecule has 150 valence electrons. The Hall–Kier alpha value is -3.19. The summed E-state index contributed by atoms with van der Waals surface area (Å²) in [5, 5.41) is 5.55. The molecule has 0 bridgehead atoms. The number of hydrogen-bond donors (Lipinski definition) is 1. The molecule has 6 nitrogen and oxygen atoms in total. The van der Waals surface area contributed by atoms with Crippen LogP contribution in [0.1, 0.15) is 37.0 Å². The predicted molar refractivity (Wildman–Crippen MR) is 113 cm³/mol. The normalized spacial score (nSPS) is 10.4. The lowest BCUT2D eigenvalue weighted by atomic mass is 10.1. The second kappa shape index (κ2) is 9.34. The molecule has 7 heteroatoms. The van der Waals surface area contributed by atoms with Crippen LogP contribution in [-0.2, 0) is 13.2 Å². The minimum absolute atomic E-state index is 0.102. The van der Waals surface area contributed by atoms with Crippen LogP contribution in [0.25, 0.3) is 0 Å². The Morgan fingerprint density at radius 1 is 1.14 bits per heavy atom. The lowest BCUT2D eigenvalue weighted by molar-refractivity contribution is 0.0784. The number of hydrogen-bond acceptors (Lipinski definition) is 5. The van der Waals surface area contributed by atoms with Gasteiger partial charge >= 0.3 is 0 Å². The average Bonchev–Trinajstić information content (AvgIpc) is 3.17. The molecule has 0 spiro atoms. The molecule has 2 amide bonds. The molecule has 0 saturated heterocycles. The van der Waals surface area contributed by atoms with Crippen LogP contribution >= 0.6 is 11.3 Å². The highest BCUT2D eigenvalue weighted by Gasteiger charge is 2.13. The number of aromatic nitrogens is 1. The van der Waals surface area contributed by atoms with Crippen molar-refractivity contribution in [3.05, 3.63) is 81.3 Å². The zero-order valence-electron chi connectivity index (χ0n) is 16.6. The third kappa shape index (κ3) is 5.42. The topological polar surface area (TPSA) is 71.5 Å². The summed E-state index contributed by atoms with van der Waals surface area (Å²) in [7, 11) is 3.35. The van der Waals surface area contributed by atoms with E-state index in [0.717, 1.165) is 16.3 Å². The fourth-order valence-corrected chi connectivity index (χ4v) is 3.42. The molecule has 1 N–H and O–H groups in total. The molecule has 3 aromatic rings. The van der Waals surface area contributed by atoms with Gasteiger partial charge in [0.25, 0.3) is 11.8 Å². The Bertz CT molecular complexity index is 999. The Kier molecular flexibility index (Phi) is 6.61. The van der Waals surface area contributed by atoms with Gasteiger partial charge in [-0.2, -0.15) is 0 Å². The van der Waals surface area contributed by atoms with Gasteiger partial charge in [0.1, 0.15) is 12.4 Å². The van der Waals surface area contributed by atoms with Crippen LogP contribution in [-0.4, -0.2) is 35.8 Å². The molecule has 0 radical (unpaired) electrons. The number of aryl methyl sites for hydroxylation is 1. The van der Waals surface area contributed by atoms with Gasteiger partial charge in [-0.1, -0.05) is 18.2 Å². The van der Waals surface area contributed by atoms with Crippen LogP contribution in [0.2, 0.25) is 0 Å². The van der Waals surface area contributed by atoms with Crippen LogP contribution < -0.4 is 10.1 Å². The van der Waals surface area contributed by atoms with E-state index in [4.69, 9.17) is 4.74 Å². The molecule has 0 aliphatic heterocycles. The summed E-state index contributed by atoms with van der Waals surface area (Å²) in [5.41, 5.74) is 2.97. The summed E-state index contributed by atoms with van der Waals surface area (Å²) in [5.74, 6) is 0.394. The second-order valence-corrected chi connectivity index (χ2v) is 7.67. The molecular formula is C22H23N3O3S. The fraction of sp³-hybridized carbons (Fsp3) is 0.227. The van der Waals surface area contributed by atoms with Crippen molar-refractivity contribution < 1.29 is 14.3 Å². The maximum Gasteiger partial charge on any atom is 0.254 e. The Morgan fingerprint density at radius 2 is 1.90 bits per heavy atom. The highest BCUT2D eigenvalue weighted by atomic mass is 32.1. The molecule has 3 rings (SSSR count). The smallest absolute Gasteiger partial charge is 0.254 e. The van der Waals surface area contributed by atoms with E-state index in [2.05, 4.69) is 10.3 Å². The highest BCUT2D eigenvalue weighted by Crippen LogP contribution is 2.18. The standard InChI is InChI=1S/C22H23N3O3S/c1-15-24-19(14-29-15)13-28-20-6-4-5-18(11-20)22(27)25(3)12-16-7-9-17(10-8-16)21(26)23-2/h4-11,14H,12-13H2,1-3H3,(H,23,26). The Balaban J connectivity index is 1.62. The van der Waals surface area contributed by atoms with E-state index in [1.165, 1.54) is 0 Å². The van der Waals surface area contributed by atoms with Crippen molar-refractivity contribution in [1.82, 2.24) is 15.2 Å². The van der Waals surface area contributed by atoms with Crippen LogP contribution in [0.15, 0.2) is 53.9 Å². The van der Waals surface area contributed by atoms with Gasteiger partial charge in [0, 0.05) is 37.1 Å². The van der Waals surface area contributed by atoms with Gasteiger partial charge in [-0.25, -0.2) is 4.98 Å². The Labute approximate surface area is 174 Å². The maximum absolute atomic E-state index is 12.8. The average molecular weight is 410 g/mol. The van der Waals surface area contributed by atoms with Gasteiger partial charge in [0.05, 0.1) is 10.7 Å². The molecule has 0 atom stereocenters. The molecule has 0 unspecified atom stereocenters. The van der Waals surface area contributed by atoms with Crippen molar-refractivity contribution in [1.29, 1.82) is 0 Å². The van der Waals surface area contributed by atoms with Crippen molar-refractivity contribution in [2.24, 2.45) is 0 Å². The number of rotatable bonds is 7. The highest BCUT2D eigenvalue weighted by molar-refractivity contribution is 7.09.